The second-order valence-corrected chi connectivity index (χ2v) is 9.68. The third-order valence-electron chi connectivity index (χ3n) is 5.63. The molecule has 1 aromatic rings. The summed E-state index contributed by atoms with van der Waals surface area (Å²) in [6.45, 7) is 10.5. The quantitative estimate of drug-likeness (QED) is 0.492. The highest BCUT2D eigenvalue weighted by molar-refractivity contribution is 5.95. The number of esters is 1. The number of halogens is 1. The molecule has 0 radical (unpaired) electrons. The Labute approximate surface area is 178 Å². The van der Waals surface area contributed by atoms with E-state index in [2.05, 4.69) is 32.4 Å². The topological polar surface area (TPSA) is 63.6 Å². The normalized spacial score (nSPS) is 19.1. The van der Waals surface area contributed by atoms with Gasteiger partial charge in [0.05, 0.1) is 13.2 Å². The van der Waals surface area contributed by atoms with Crippen LogP contribution >= 0.6 is 0 Å². The summed E-state index contributed by atoms with van der Waals surface area (Å²) < 4.78 is 18.3. The highest BCUT2D eigenvalue weighted by Crippen LogP contribution is 2.52. The lowest BCUT2D eigenvalue weighted by Gasteiger charge is -2.43. The number of ketones is 1. The predicted octanol–water partition coefficient (Wildman–Crippen LogP) is 5.17. The van der Waals surface area contributed by atoms with Crippen molar-refractivity contribution in [3.05, 3.63) is 52.9 Å². The van der Waals surface area contributed by atoms with Crippen molar-refractivity contribution in [1.29, 1.82) is 0 Å². The van der Waals surface area contributed by atoms with Crippen molar-refractivity contribution < 1.29 is 23.8 Å². The minimum atomic E-state index is -0.989. The largest absolute Gasteiger partial charge is 0.469 e. The van der Waals surface area contributed by atoms with Gasteiger partial charge in [0.25, 0.3) is 0 Å². The van der Waals surface area contributed by atoms with Gasteiger partial charge in [-0.25, -0.2) is 4.39 Å². The molecule has 0 spiro atoms. The van der Waals surface area contributed by atoms with Crippen molar-refractivity contribution in [2.75, 3.05) is 7.11 Å². The van der Waals surface area contributed by atoms with E-state index in [4.69, 9.17) is 0 Å². The lowest BCUT2D eigenvalue weighted by Crippen LogP contribution is -2.30. The average molecular weight is 417 g/mol. The van der Waals surface area contributed by atoms with Gasteiger partial charge >= 0.3 is 5.97 Å². The van der Waals surface area contributed by atoms with Crippen LogP contribution in [0.2, 0.25) is 0 Å². The molecule has 0 heterocycles. The first-order valence-electron chi connectivity index (χ1n) is 10.3. The van der Waals surface area contributed by atoms with E-state index in [1.165, 1.54) is 13.2 Å². The van der Waals surface area contributed by atoms with Crippen LogP contribution in [0.25, 0.3) is 5.57 Å². The number of methoxy groups -OCH3 is 1. The first-order valence-corrected chi connectivity index (χ1v) is 10.3. The monoisotopic (exact) mass is 416 g/mol. The minimum absolute atomic E-state index is 0.0769. The van der Waals surface area contributed by atoms with E-state index >= 15 is 0 Å². The summed E-state index contributed by atoms with van der Waals surface area (Å²) in [5.74, 6) is -1.21. The van der Waals surface area contributed by atoms with E-state index < -0.39 is 12.1 Å². The summed E-state index contributed by atoms with van der Waals surface area (Å²) in [6, 6.07) is 5.17. The van der Waals surface area contributed by atoms with E-state index in [1.807, 2.05) is 12.1 Å². The van der Waals surface area contributed by atoms with Crippen molar-refractivity contribution in [3.8, 4) is 0 Å². The number of hydrogen-bond acceptors (Lipinski definition) is 4. The molecule has 1 atom stereocenters. The maximum Gasteiger partial charge on any atom is 0.313 e. The van der Waals surface area contributed by atoms with Crippen LogP contribution in [0.1, 0.15) is 64.5 Å². The molecule has 0 saturated heterocycles. The standard InChI is InChI=1S/C25H33FO4/c1-16-11-17(7-10-22(16)26)20-14-24(2,3)15-25(4,5)21(20)9-8-18(27)12-19(28)13-23(29)30-6/h7-11,18,27H,12-15H2,1-6H3. The molecule has 2 rings (SSSR count). The zero-order valence-corrected chi connectivity index (χ0v) is 18.8. The number of carbonyl (C=O) groups is 2. The molecule has 0 bridgehead atoms. The second kappa shape index (κ2) is 9.25. The Bertz CT molecular complexity index is 877. The molecule has 1 aromatic carbocycles. The smallest absolute Gasteiger partial charge is 0.313 e. The molecule has 4 nitrogen and oxygen atoms in total. The first kappa shape index (κ1) is 24.0. The summed E-state index contributed by atoms with van der Waals surface area (Å²) >= 11 is 0. The number of hydrogen-bond donors (Lipinski definition) is 1. The Morgan fingerprint density at radius 3 is 2.53 bits per heavy atom. The van der Waals surface area contributed by atoms with Gasteiger partial charge in [-0.05, 0) is 65.0 Å². The molecule has 1 aliphatic rings. The first-order chi connectivity index (χ1) is 13.8. The summed E-state index contributed by atoms with van der Waals surface area (Å²) in [5.41, 5.74) is 3.69. The van der Waals surface area contributed by atoms with Gasteiger partial charge in [-0.2, -0.15) is 0 Å². The SMILES string of the molecule is COC(=O)CC(=O)CC(O)C=CC1=C(c2ccc(F)c(C)c2)CC(C)(C)CC1(C)C. The van der Waals surface area contributed by atoms with Gasteiger partial charge in [0.2, 0.25) is 0 Å². The molecule has 5 heteroatoms. The summed E-state index contributed by atoms with van der Waals surface area (Å²) in [4.78, 5) is 23.1. The Morgan fingerprint density at radius 2 is 1.93 bits per heavy atom. The van der Waals surface area contributed by atoms with Crippen LogP contribution < -0.4 is 0 Å². The maximum atomic E-state index is 13.8. The van der Waals surface area contributed by atoms with Crippen molar-refractivity contribution >= 4 is 17.3 Å². The van der Waals surface area contributed by atoms with Gasteiger partial charge in [-0.3, -0.25) is 9.59 Å². The van der Waals surface area contributed by atoms with E-state index in [1.54, 1.807) is 19.1 Å². The van der Waals surface area contributed by atoms with E-state index in [0.29, 0.717) is 5.56 Å². The molecule has 1 unspecified atom stereocenters. The van der Waals surface area contributed by atoms with Crippen LogP contribution in [-0.4, -0.2) is 30.1 Å². The molecule has 0 aliphatic heterocycles. The zero-order chi connectivity index (χ0) is 22.7. The van der Waals surface area contributed by atoms with Crippen LogP contribution in [0.3, 0.4) is 0 Å². The van der Waals surface area contributed by atoms with Crippen molar-refractivity contribution in [2.24, 2.45) is 10.8 Å². The lowest BCUT2D eigenvalue weighted by molar-refractivity contribution is -0.143. The lowest BCUT2D eigenvalue weighted by atomic mass is 9.61. The van der Waals surface area contributed by atoms with Crippen LogP contribution in [0.4, 0.5) is 4.39 Å². The van der Waals surface area contributed by atoms with Crippen LogP contribution in [0, 0.1) is 23.6 Å². The summed E-state index contributed by atoms with van der Waals surface area (Å²) in [6.07, 6.45) is 3.82. The van der Waals surface area contributed by atoms with E-state index in [9.17, 15) is 19.1 Å². The van der Waals surface area contributed by atoms with Gasteiger partial charge in [-0.1, -0.05) is 45.9 Å². The molecule has 0 aromatic heterocycles. The number of aryl methyl sites for hydroxylation is 1. The fourth-order valence-corrected chi connectivity index (χ4v) is 4.57. The van der Waals surface area contributed by atoms with Crippen LogP contribution in [0.15, 0.2) is 35.9 Å². The van der Waals surface area contributed by atoms with Crippen LogP contribution in [-0.2, 0) is 14.3 Å². The van der Waals surface area contributed by atoms with Crippen molar-refractivity contribution in [1.82, 2.24) is 0 Å². The average Bonchev–Trinajstić information content (AvgIpc) is 2.60. The molecule has 164 valence electrons. The Balaban J connectivity index is 2.38. The number of aliphatic hydroxyl groups is 1. The number of Topliss-reactive ketones (excluding diaryl/α,β-unsaturated/α-hetero) is 1. The van der Waals surface area contributed by atoms with Crippen molar-refractivity contribution in [3.63, 3.8) is 0 Å². The summed E-state index contributed by atoms with van der Waals surface area (Å²) in [7, 11) is 1.23. The Kier molecular flexibility index (Phi) is 7.40. The number of carbonyl (C=O) groups excluding carboxylic acids is 2. The van der Waals surface area contributed by atoms with Gasteiger partial charge in [0.15, 0.2) is 0 Å². The fraction of sp³-hybridized carbons (Fsp3) is 0.520. The number of aliphatic hydroxyl groups excluding tert-OH is 1. The molecule has 0 fully saturated rings. The molecule has 30 heavy (non-hydrogen) atoms. The zero-order valence-electron chi connectivity index (χ0n) is 18.8. The third kappa shape index (κ3) is 6.11. The van der Waals surface area contributed by atoms with Gasteiger partial charge < -0.3 is 9.84 Å². The fourth-order valence-electron chi connectivity index (χ4n) is 4.57. The van der Waals surface area contributed by atoms with E-state index in [-0.39, 0.29) is 35.3 Å². The van der Waals surface area contributed by atoms with Crippen molar-refractivity contribution in [2.45, 2.75) is 66.4 Å². The predicted molar refractivity (Wildman–Crippen MR) is 116 cm³/mol. The summed E-state index contributed by atoms with van der Waals surface area (Å²) in [5, 5.41) is 10.3. The number of ether oxygens (including phenoxy) is 1. The molecule has 1 aliphatic carbocycles. The second-order valence-electron chi connectivity index (χ2n) is 9.68. The van der Waals surface area contributed by atoms with E-state index in [0.717, 1.165) is 29.6 Å². The number of rotatable bonds is 7. The van der Waals surface area contributed by atoms with Gasteiger partial charge in [-0.15, -0.1) is 0 Å². The third-order valence-corrected chi connectivity index (χ3v) is 5.63. The van der Waals surface area contributed by atoms with Crippen LogP contribution in [0.5, 0.6) is 0 Å². The molecular weight excluding hydrogens is 383 g/mol. The maximum absolute atomic E-state index is 13.8. The molecule has 0 amide bonds. The van der Waals surface area contributed by atoms with Gasteiger partial charge in [0, 0.05) is 6.42 Å². The highest BCUT2D eigenvalue weighted by atomic mass is 19.1. The van der Waals surface area contributed by atoms with Gasteiger partial charge in [0.1, 0.15) is 18.0 Å². The molecule has 1 N–H and O–H groups in total. The Morgan fingerprint density at radius 1 is 1.27 bits per heavy atom. The molecule has 0 saturated carbocycles. The number of benzene rings is 1. The number of allylic oxidation sites excluding steroid dienone is 3. The minimum Gasteiger partial charge on any atom is -0.469 e. The molecular formula is C25H33FO4. The highest BCUT2D eigenvalue weighted by Gasteiger charge is 2.38. The Hall–Kier alpha value is -2.27.